The highest BCUT2D eigenvalue weighted by Gasteiger charge is 2.52. The average Bonchev–Trinajstić information content (AvgIpc) is 2.91. The predicted octanol–water partition coefficient (Wildman–Crippen LogP) is 5.73. The van der Waals surface area contributed by atoms with Gasteiger partial charge in [-0.3, -0.25) is 0 Å². The maximum Gasteiger partial charge on any atom is 0.261 e. The molecular formula is C32H42O4Si. The standard InChI is InChI=1S/C32H42O4Si/c1-7-14-30(33)25(2)31(24-35-23-26-19-21-27(34-6)22-20-26)36-37(32(3,4)5,28-15-10-8-11-16-28)29-17-12-9-13-18-29/h7-13,15-22,25,30-31,33H,1,14,23-24H2,2-6H3/t25-,30-,31-/m1/s1. The van der Waals surface area contributed by atoms with Crippen LogP contribution in [0, 0.1) is 5.92 Å². The van der Waals surface area contributed by atoms with E-state index >= 15 is 0 Å². The van der Waals surface area contributed by atoms with Crippen molar-refractivity contribution in [1.82, 2.24) is 0 Å². The molecule has 0 unspecified atom stereocenters. The molecule has 0 aliphatic rings. The number of hydrogen-bond acceptors (Lipinski definition) is 4. The Labute approximate surface area is 224 Å². The van der Waals surface area contributed by atoms with Crippen molar-refractivity contribution in [3.05, 3.63) is 103 Å². The fourth-order valence-electron chi connectivity index (χ4n) is 4.86. The Morgan fingerprint density at radius 2 is 1.43 bits per heavy atom. The van der Waals surface area contributed by atoms with Crippen LogP contribution in [0.15, 0.2) is 97.6 Å². The summed E-state index contributed by atoms with van der Waals surface area (Å²) in [6.07, 6.45) is 1.37. The molecule has 0 fully saturated rings. The SMILES string of the molecule is C=CC[C@@H](O)[C@@H](C)[C@@H](COCc1ccc(OC)cc1)O[Si](c1ccccc1)(c1ccccc1)C(C)(C)C. The van der Waals surface area contributed by atoms with Crippen LogP contribution in [0.1, 0.15) is 39.7 Å². The summed E-state index contributed by atoms with van der Waals surface area (Å²) in [5.74, 6) is 0.660. The van der Waals surface area contributed by atoms with E-state index in [2.05, 4.69) is 75.9 Å². The molecule has 0 bridgehead atoms. The summed E-state index contributed by atoms with van der Waals surface area (Å²) in [5.41, 5.74) is 1.06. The van der Waals surface area contributed by atoms with Crippen LogP contribution in [0.4, 0.5) is 0 Å². The Balaban J connectivity index is 1.99. The van der Waals surface area contributed by atoms with E-state index in [1.165, 1.54) is 10.4 Å². The highest BCUT2D eigenvalue weighted by atomic mass is 28.4. The van der Waals surface area contributed by atoms with Crippen LogP contribution in [0.3, 0.4) is 0 Å². The molecule has 1 N–H and O–H groups in total. The number of aliphatic hydroxyl groups is 1. The van der Waals surface area contributed by atoms with Crippen LogP contribution in [-0.4, -0.2) is 39.3 Å². The Morgan fingerprint density at radius 1 is 0.892 bits per heavy atom. The lowest BCUT2D eigenvalue weighted by molar-refractivity contribution is -0.0262. The zero-order chi connectivity index (χ0) is 26.9. The van der Waals surface area contributed by atoms with Gasteiger partial charge in [0.15, 0.2) is 0 Å². The number of aliphatic hydroxyl groups excluding tert-OH is 1. The fourth-order valence-corrected chi connectivity index (χ4v) is 9.61. The van der Waals surface area contributed by atoms with Gasteiger partial charge >= 0.3 is 0 Å². The van der Waals surface area contributed by atoms with Crippen LogP contribution in [0.25, 0.3) is 0 Å². The molecule has 3 aromatic rings. The zero-order valence-electron chi connectivity index (χ0n) is 22.9. The minimum Gasteiger partial charge on any atom is -0.497 e. The van der Waals surface area contributed by atoms with E-state index in [9.17, 15) is 5.11 Å². The maximum absolute atomic E-state index is 11.0. The number of rotatable bonds is 13. The van der Waals surface area contributed by atoms with Crippen molar-refractivity contribution in [3.63, 3.8) is 0 Å². The second-order valence-electron chi connectivity index (χ2n) is 10.6. The first-order chi connectivity index (χ1) is 17.7. The molecule has 0 spiro atoms. The second kappa shape index (κ2) is 13.2. The smallest absolute Gasteiger partial charge is 0.261 e. The van der Waals surface area contributed by atoms with Gasteiger partial charge in [0.05, 0.1) is 32.5 Å². The van der Waals surface area contributed by atoms with Gasteiger partial charge in [-0.25, -0.2) is 0 Å². The molecule has 3 rings (SSSR count). The predicted molar refractivity (Wildman–Crippen MR) is 155 cm³/mol. The van der Waals surface area contributed by atoms with Crippen molar-refractivity contribution >= 4 is 18.7 Å². The van der Waals surface area contributed by atoms with Crippen molar-refractivity contribution < 1.29 is 19.0 Å². The Bertz CT molecular complexity index is 1040. The molecule has 0 radical (unpaired) electrons. The summed E-state index contributed by atoms with van der Waals surface area (Å²) in [6, 6.07) is 29.0. The molecule has 198 valence electrons. The molecule has 0 aliphatic heterocycles. The third-order valence-electron chi connectivity index (χ3n) is 7.06. The van der Waals surface area contributed by atoms with Gasteiger partial charge in [-0.05, 0) is 39.5 Å². The van der Waals surface area contributed by atoms with E-state index in [-0.39, 0.29) is 17.1 Å². The summed E-state index contributed by atoms with van der Waals surface area (Å²) >= 11 is 0. The molecule has 0 saturated heterocycles. The van der Waals surface area contributed by atoms with Crippen molar-refractivity contribution in [2.75, 3.05) is 13.7 Å². The Kier molecular flexibility index (Phi) is 10.3. The summed E-state index contributed by atoms with van der Waals surface area (Å²) in [5, 5.41) is 13.2. The van der Waals surface area contributed by atoms with E-state index in [1.807, 2.05) is 43.3 Å². The topological polar surface area (TPSA) is 47.9 Å². The highest BCUT2D eigenvalue weighted by molar-refractivity contribution is 6.99. The largest absolute Gasteiger partial charge is 0.497 e. The normalized spacial score (nSPS) is 14.5. The first kappa shape index (κ1) is 28.9. The minimum atomic E-state index is -2.82. The molecule has 0 saturated carbocycles. The summed E-state index contributed by atoms with van der Waals surface area (Å²) in [4.78, 5) is 0. The Morgan fingerprint density at radius 3 is 1.89 bits per heavy atom. The fraction of sp³-hybridized carbons (Fsp3) is 0.375. The van der Waals surface area contributed by atoms with E-state index in [0.717, 1.165) is 11.3 Å². The highest BCUT2D eigenvalue weighted by Crippen LogP contribution is 2.38. The van der Waals surface area contributed by atoms with Gasteiger partial charge in [0.25, 0.3) is 8.32 Å². The minimum absolute atomic E-state index is 0.157. The van der Waals surface area contributed by atoms with E-state index in [4.69, 9.17) is 13.9 Å². The molecule has 0 heterocycles. The number of ether oxygens (including phenoxy) is 2. The molecule has 0 aromatic heterocycles. The van der Waals surface area contributed by atoms with Gasteiger partial charge in [0.2, 0.25) is 0 Å². The lowest BCUT2D eigenvalue weighted by atomic mass is 9.96. The van der Waals surface area contributed by atoms with Crippen LogP contribution >= 0.6 is 0 Å². The second-order valence-corrected chi connectivity index (χ2v) is 14.9. The van der Waals surface area contributed by atoms with Crippen molar-refractivity contribution in [1.29, 1.82) is 0 Å². The molecule has 5 heteroatoms. The molecule has 4 nitrogen and oxygen atoms in total. The van der Waals surface area contributed by atoms with Gasteiger partial charge < -0.3 is 19.0 Å². The molecule has 3 atom stereocenters. The molecular weight excluding hydrogens is 476 g/mol. The monoisotopic (exact) mass is 518 g/mol. The first-order valence-corrected chi connectivity index (χ1v) is 14.9. The number of hydrogen-bond donors (Lipinski definition) is 1. The maximum atomic E-state index is 11.0. The number of benzene rings is 3. The zero-order valence-corrected chi connectivity index (χ0v) is 23.9. The third kappa shape index (κ3) is 6.99. The summed E-state index contributed by atoms with van der Waals surface area (Å²) in [7, 11) is -1.16. The van der Waals surface area contributed by atoms with E-state index < -0.39 is 14.4 Å². The molecule has 37 heavy (non-hydrogen) atoms. The van der Waals surface area contributed by atoms with Crippen LogP contribution in [0.5, 0.6) is 5.75 Å². The summed E-state index contributed by atoms with van der Waals surface area (Å²) < 4.78 is 18.9. The molecule has 0 amide bonds. The van der Waals surface area contributed by atoms with Gasteiger partial charge in [-0.1, -0.05) is 107 Å². The lowest BCUT2D eigenvalue weighted by Gasteiger charge is -2.46. The van der Waals surface area contributed by atoms with Crippen molar-refractivity contribution in [2.45, 2.75) is 58.0 Å². The van der Waals surface area contributed by atoms with Gasteiger partial charge in [0, 0.05) is 5.92 Å². The Hall–Kier alpha value is -2.70. The van der Waals surface area contributed by atoms with Crippen LogP contribution in [0.2, 0.25) is 5.04 Å². The van der Waals surface area contributed by atoms with Gasteiger partial charge in [-0.15, -0.1) is 6.58 Å². The quantitative estimate of drug-likeness (QED) is 0.232. The molecule has 0 aliphatic carbocycles. The van der Waals surface area contributed by atoms with Gasteiger partial charge in [0.1, 0.15) is 5.75 Å². The lowest BCUT2D eigenvalue weighted by Crippen LogP contribution is -2.68. The average molecular weight is 519 g/mol. The van der Waals surface area contributed by atoms with Crippen LogP contribution in [-0.2, 0) is 15.8 Å². The first-order valence-electron chi connectivity index (χ1n) is 13.0. The summed E-state index contributed by atoms with van der Waals surface area (Å²) in [6.45, 7) is 13.5. The number of methoxy groups -OCH3 is 1. The van der Waals surface area contributed by atoms with Crippen molar-refractivity contribution in [2.24, 2.45) is 5.92 Å². The van der Waals surface area contributed by atoms with E-state index in [1.54, 1.807) is 13.2 Å². The van der Waals surface area contributed by atoms with E-state index in [0.29, 0.717) is 19.6 Å². The van der Waals surface area contributed by atoms with Crippen molar-refractivity contribution in [3.8, 4) is 5.75 Å². The van der Waals surface area contributed by atoms with Crippen LogP contribution < -0.4 is 15.1 Å². The third-order valence-corrected chi connectivity index (χ3v) is 12.1. The van der Waals surface area contributed by atoms with Gasteiger partial charge in [-0.2, -0.15) is 0 Å². The molecule has 3 aromatic carbocycles.